The Labute approximate surface area is 200 Å². The van der Waals surface area contributed by atoms with Crippen LogP contribution in [0.3, 0.4) is 0 Å². The van der Waals surface area contributed by atoms with Gasteiger partial charge < -0.3 is 4.90 Å². The molecule has 11 heteroatoms. The fourth-order valence-electron chi connectivity index (χ4n) is 4.66. The summed E-state index contributed by atoms with van der Waals surface area (Å²) in [6, 6.07) is 7.14. The van der Waals surface area contributed by atoms with Crippen LogP contribution in [0, 0.1) is 0 Å². The van der Waals surface area contributed by atoms with Crippen molar-refractivity contribution in [2.45, 2.75) is 57.4 Å². The fraction of sp³-hybridized carbons (Fsp3) is 0.478. The normalized spacial score (nSPS) is 17.9. The lowest BCUT2D eigenvalue weighted by molar-refractivity contribution is -0.224. The molecule has 180 valence electrons. The lowest BCUT2D eigenvalue weighted by Gasteiger charge is -2.38. The van der Waals surface area contributed by atoms with Gasteiger partial charge in [-0.2, -0.15) is 13.2 Å². The Kier molecular flexibility index (Phi) is 5.76. The molecule has 0 amide bonds. The first-order valence-corrected chi connectivity index (χ1v) is 11.6. The van der Waals surface area contributed by atoms with Crippen LogP contribution in [0.25, 0.3) is 5.69 Å². The molecule has 0 aliphatic carbocycles. The van der Waals surface area contributed by atoms with E-state index in [4.69, 9.17) is 11.6 Å². The number of hydrogen-bond donors (Lipinski definition) is 0. The maximum Gasteiger partial charge on any atom is 0.406 e. The summed E-state index contributed by atoms with van der Waals surface area (Å²) in [6.45, 7) is 4.06. The molecule has 34 heavy (non-hydrogen) atoms. The third-order valence-electron chi connectivity index (χ3n) is 6.91. The Balaban J connectivity index is 1.49. The minimum Gasteiger partial charge on any atom is -0.341 e. The van der Waals surface area contributed by atoms with Crippen LogP contribution in [0.15, 0.2) is 36.7 Å². The average Bonchev–Trinajstić information content (AvgIpc) is 3.14. The molecule has 2 aliphatic heterocycles. The molecule has 0 unspecified atom stereocenters. The van der Waals surface area contributed by atoms with E-state index in [0.29, 0.717) is 16.8 Å². The summed E-state index contributed by atoms with van der Waals surface area (Å²) in [6.07, 6.45) is 0.677. The second-order valence-electron chi connectivity index (χ2n) is 9.31. The molecule has 1 saturated heterocycles. The average molecular weight is 492 g/mol. The van der Waals surface area contributed by atoms with Gasteiger partial charge in [-0.15, -0.1) is 10.2 Å². The topological polar surface area (TPSA) is 63.0 Å². The number of alkyl halides is 3. The van der Waals surface area contributed by atoms with Gasteiger partial charge in [0, 0.05) is 43.0 Å². The number of nitrogens with zero attached hydrogens (tertiary/aromatic N) is 7. The highest BCUT2D eigenvalue weighted by molar-refractivity contribution is 6.30. The number of fused-ring (bicyclic) bond motifs is 3. The molecule has 3 aromatic rings. The Hall–Kier alpha value is -2.72. The van der Waals surface area contributed by atoms with Crippen molar-refractivity contribution in [1.29, 1.82) is 0 Å². The van der Waals surface area contributed by atoms with Gasteiger partial charge in [0.05, 0.1) is 12.2 Å². The number of hydrogen-bond acceptors (Lipinski definition) is 6. The zero-order valence-corrected chi connectivity index (χ0v) is 19.7. The van der Waals surface area contributed by atoms with Gasteiger partial charge >= 0.3 is 6.18 Å². The van der Waals surface area contributed by atoms with Gasteiger partial charge in [-0.3, -0.25) is 9.47 Å². The Morgan fingerprint density at radius 3 is 2.38 bits per heavy atom. The minimum absolute atomic E-state index is 0.0303. The summed E-state index contributed by atoms with van der Waals surface area (Å²) in [5.74, 6) is 2.10. The van der Waals surface area contributed by atoms with E-state index in [9.17, 15) is 13.2 Å². The van der Waals surface area contributed by atoms with Crippen molar-refractivity contribution in [3.63, 3.8) is 0 Å². The van der Waals surface area contributed by atoms with E-state index in [1.165, 1.54) is 18.7 Å². The standard InChI is InChI=1S/C23H25ClF3N7/c1-22(2,23(25,26)27)33-13-16-12-17(24)4-5-18(16)34-19(14-33)30-31-20(34)15-6-10-32(11-7-15)21-28-8-3-9-29-21/h3-5,8-9,12,15H,6-7,10-11,13-14H2,1-2H3. The molecule has 0 saturated carbocycles. The predicted molar refractivity (Wildman–Crippen MR) is 122 cm³/mol. The second-order valence-corrected chi connectivity index (χ2v) is 9.74. The summed E-state index contributed by atoms with van der Waals surface area (Å²) < 4.78 is 43.7. The Morgan fingerprint density at radius 2 is 1.71 bits per heavy atom. The fourth-order valence-corrected chi connectivity index (χ4v) is 4.85. The summed E-state index contributed by atoms with van der Waals surface area (Å²) >= 11 is 6.25. The summed E-state index contributed by atoms with van der Waals surface area (Å²) in [7, 11) is 0. The number of halogens is 4. The van der Waals surface area contributed by atoms with Crippen molar-refractivity contribution in [3.8, 4) is 5.69 Å². The molecule has 2 aromatic heterocycles. The maximum atomic E-state index is 13.9. The first kappa shape index (κ1) is 23.0. The van der Waals surface area contributed by atoms with E-state index >= 15 is 0 Å². The van der Waals surface area contributed by atoms with E-state index in [-0.39, 0.29) is 19.0 Å². The second kappa shape index (κ2) is 8.49. The molecule has 5 rings (SSSR count). The van der Waals surface area contributed by atoms with E-state index in [1.807, 2.05) is 10.6 Å². The highest BCUT2D eigenvalue weighted by atomic mass is 35.5. The van der Waals surface area contributed by atoms with Crippen molar-refractivity contribution in [2.75, 3.05) is 18.0 Å². The number of aromatic nitrogens is 5. The predicted octanol–water partition coefficient (Wildman–Crippen LogP) is 4.75. The van der Waals surface area contributed by atoms with E-state index in [0.717, 1.165) is 43.0 Å². The van der Waals surface area contributed by atoms with Crippen LogP contribution >= 0.6 is 11.6 Å². The van der Waals surface area contributed by atoms with Crippen LogP contribution in [0.4, 0.5) is 19.1 Å². The quantitative estimate of drug-likeness (QED) is 0.527. The molecule has 2 aliphatic rings. The highest BCUT2D eigenvalue weighted by Gasteiger charge is 2.52. The lowest BCUT2D eigenvalue weighted by Crippen LogP contribution is -2.53. The monoisotopic (exact) mass is 491 g/mol. The van der Waals surface area contributed by atoms with Gasteiger partial charge in [0.1, 0.15) is 11.4 Å². The molecule has 1 fully saturated rings. The third kappa shape index (κ3) is 4.02. The molecule has 1 aromatic carbocycles. The molecule has 7 nitrogen and oxygen atoms in total. The van der Waals surface area contributed by atoms with Crippen molar-refractivity contribution >= 4 is 17.5 Å². The van der Waals surface area contributed by atoms with Gasteiger partial charge in [-0.05, 0) is 56.5 Å². The van der Waals surface area contributed by atoms with E-state index in [1.54, 1.807) is 30.6 Å². The smallest absolute Gasteiger partial charge is 0.341 e. The third-order valence-corrected chi connectivity index (χ3v) is 7.15. The van der Waals surface area contributed by atoms with Crippen LogP contribution in [0.1, 0.15) is 49.8 Å². The number of anilines is 1. The molecule has 0 atom stereocenters. The molecule has 0 N–H and O–H groups in total. The van der Waals surface area contributed by atoms with Gasteiger partial charge in [-0.1, -0.05) is 11.6 Å². The first-order valence-electron chi connectivity index (χ1n) is 11.2. The summed E-state index contributed by atoms with van der Waals surface area (Å²) in [5, 5.41) is 9.34. The number of rotatable bonds is 3. The Bertz CT molecular complexity index is 1170. The van der Waals surface area contributed by atoms with Crippen LogP contribution in [-0.4, -0.2) is 54.4 Å². The van der Waals surface area contributed by atoms with Gasteiger partial charge in [0.25, 0.3) is 0 Å². The minimum atomic E-state index is -4.41. The number of piperidine rings is 1. The van der Waals surface area contributed by atoms with Crippen molar-refractivity contribution < 1.29 is 13.2 Å². The molecular weight excluding hydrogens is 467 g/mol. The highest BCUT2D eigenvalue weighted by Crippen LogP contribution is 2.40. The molecular formula is C23H25ClF3N7. The zero-order chi connectivity index (χ0) is 24.1. The van der Waals surface area contributed by atoms with Crippen molar-refractivity contribution in [1.82, 2.24) is 29.6 Å². The molecule has 0 bridgehead atoms. The van der Waals surface area contributed by atoms with Gasteiger partial charge in [0.2, 0.25) is 5.95 Å². The zero-order valence-electron chi connectivity index (χ0n) is 18.9. The largest absolute Gasteiger partial charge is 0.406 e. The maximum absolute atomic E-state index is 13.9. The van der Waals surface area contributed by atoms with Crippen molar-refractivity contribution in [2.24, 2.45) is 0 Å². The van der Waals surface area contributed by atoms with Gasteiger partial charge in [0.15, 0.2) is 5.82 Å². The van der Waals surface area contributed by atoms with Crippen LogP contribution in [0.2, 0.25) is 5.02 Å². The van der Waals surface area contributed by atoms with E-state index < -0.39 is 11.7 Å². The molecule has 0 radical (unpaired) electrons. The Morgan fingerprint density at radius 1 is 1.00 bits per heavy atom. The molecule has 4 heterocycles. The SMILES string of the molecule is CC(C)(N1Cc2cc(Cl)ccc2-n2c(nnc2C2CCN(c3ncccn3)CC2)C1)C(F)(F)F. The number of benzene rings is 1. The van der Waals surface area contributed by atoms with Crippen LogP contribution < -0.4 is 4.90 Å². The first-order chi connectivity index (χ1) is 16.1. The molecule has 0 spiro atoms. The van der Waals surface area contributed by atoms with Crippen molar-refractivity contribution in [3.05, 3.63) is 58.9 Å². The summed E-state index contributed by atoms with van der Waals surface area (Å²) in [5.41, 5.74) is -0.539. The van der Waals surface area contributed by atoms with Crippen LogP contribution in [-0.2, 0) is 13.1 Å². The van der Waals surface area contributed by atoms with Crippen LogP contribution in [0.5, 0.6) is 0 Å². The lowest BCUT2D eigenvalue weighted by atomic mass is 9.95. The summed E-state index contributed by atoms with van der Waals surface area (Å²) in [4.78, 5) is 12.2. The van der Waals surface area contributed by atoms with Gasteiger partial charge in [-0.25, -0.2) is 9.97 Å². The van der Waals surface area contributed by atoms with E-state index in [2.05, 4.69) is 25.1 Å².